The molecular weight excluding hydrogens is 546 g/mol. The Balaban J connectivity index is 1.07. The third kappa shape index (κ3) is 3.89. The first-order valence-electron chi connectivity index (χ1n) is 15.4. The van der Waals surface area contributed by atoms with Crippen molar-refractivity contribution in [1.29, 1.82) is 0 Å². The van der Waals surface area contributed by atoms with E-state index in [0.29, 0.717) is 0 Å². The molecular formula is C43H29NO. The van der Waals surface area contributed by atoms with Crippen molar-refractivity contribution in [2.75, 3.05) is 5.32 Å². The van der Waals surface area contributed by atoms with Crippen LogP contribution in [0.4, 0.5) is 11.4 Å². The molecule has 212 valence electrons. The number of rotatable bonds is 5. The largest absolute Gasteiger partial charge is 0.455 e. The normalized spacial score (nSPS) is 13.1. The molecule has 1 aromatic heterocycles. The van der Waals surface area contributed by atoms with Crippen molar-refractivity contribution in [2.45, 2.75) is 5.41 Å². The van der Waals surface area contributed by atoms with Crippen LogP contribution in [0, 0.1) is 0 Å². The molecule has 9 rings (SSSR count). The molecule has 0 amide bonds. The summed E-state index contributed by atoms with van der Waals surface area (Å²) in [6, 6.07) is 60.8. The van der Waals surface area contributed by atoms with Gasteiger partial charge in [-0.05, 0) is 69.3 Å². The minimum absolute atomic E-state index is 0.383. The molecule has 2 nitrogen and oxygen atoms in total. The van der Waals surface area contributed by atoms with Gasteiger partial charge in [-0.2, -0.15) is 0 Å². The van der Waals surface area contributed by atoms with Crippen LogP contribution >= 0.6 is 0 Å². The van der Waals surface area contributed by atoms with Gasteiger partial charge in [0.25, 0.3) is 0 Å². The Morgan fingerprint density at radius 3 is 1.64 bits per heavy atom. The maximum Gasteiger partial charge on any atom is 0.143 e. The van der Waals surface area contributed by atoms with Gasteiger partial charge in [0.1, 0.15) is 11.2 Å². The first-order chi connectivity index (χ1) is 22.3. The number of hydrogen-bond acceptors (Lipinski definition) is 2. The second-order valence-corrected chi connectivity index (χ2v) is 11.8. The molecule has 1 aliphatic carbocycles. The van der Waals surface area contributed by atoms with E-state index in [4.69, 9.17) is 4.42 Å². The van der Waals surface area contributed by atoms with Crippen LogP contribution in [0.1, 0.15) is 22.3 Å². The molecule has 1 N–H and O–H groups in total. The number of benzene rings is 7. The summed E-state index contributed by atoms with van der Waals surface area (Å²) in [6.45, 7) is 0. The Bertz CT molecular complexity index is 2280. The molecule has 2 heteroatoms. The van der Waals surface area contributed by atoms with Gasteiger partial charge in [0.05, 0.1) is 5.41 Å². The molecule has 0 saturated carbocycles. The highest BCUT2D eigenvalue weighted by atomic mass is 16.3. The Hall–Kier alpha value is -5.86. The zero-order valence-electron chi connectivity index (χ0n) is 24.6. The van der Waals surface area contributed by atoms with Crippen molar-refractivity contribution in [3.63, 3.8) is 0 Å². The fourth-order valence-corrected chi connectivity index (χ4v) is 7.39. The lowest BCUT2D eigenvalue weighted by atomic mass is 9.68. The summed E-state index contributed by atoms with van der Waals surface area (Å²) in [5.74, 6) is 0. The van der Waals surface area contributed by atoms with Crippen molar-refractivity contribution in [3.05, 3.63) is 192 Å². The van der Waals surface area contributed by atoms with Crippen LogP contribution in [0.15, 0.2) is 174 Å². The highest BCUT2D eigenvalue weighted by Crippen LogP contribution is 2.56. The van der Waals surface area contributed by atoms with Gasteiger partial charge < -0.3 is 9.73 Å². The zero-order chi connectivity index (χ0) is 29.8. The van der Waals surface area contributed by atoms with Gasteiger partial charge in [-0.25, -0.2) is 0 Å². The molecule has 0 aliphatic heterocycles. The summed E-state index contributed by atoms with van der Waals surface area (Å²) >= 11 is 0. The first-order valence-corrected chi connectivity index (χ1v) is 15.4. The fourth-order valence-electron chi connectivity index (χ4n) is 7.39. The molecule has 0 bridgehead atoms. The Kier molecular flexibility index (Phi) is 5.76. The van der Waals surface area contributed by atoms with Crippen molar-refractivity contribution in [2.24, 2.45) is 0 Å². The van der Waals surface area contributed by atoms with E-state index in [1.807, 2.05) is 12.1 Å². The fraction of sp³-hybridized carbons (Fsp3) is 0.0233. The van der Waals surface area contributed by atoms with E-state index >= 15 is 0 Å². The SMILES string of the molecule is c1ccc(C2(c3ccc(Nc4ccc(-c5cccc6c5oc5ccccc56)cc4)cc3)c3ccccc3-c3ccccc32)cc1. The molecule has 7 aromatic carbocycles. The molecule has 1 aliphatic rings. The standard InChI is InChI=1S/C43H29NO/c1-2-11-30(12-3-1)43(39-18-7-4-13-35(39)36-14-5-8-19-40(36)43)31-23-27-33(28-24-31)44-32-25-21-29(22-26-32)34-16-10-17-38-37-15-6-9-20-41(37)45-42(34)38/h1-28,44H. The van der Waals surface area contributed by atoms with E-state index in [1.54, 1.807) is 0 Å². The van der Waals surface area contributed by atoms with Crippen LogP contribution in [0.25, 0.3) is 44.2 Å². The van der Waals surface area contributed by atoms with Crippen molar-refractivity contribution < 1.29 is 4.42 Å². The second-order valence-electron chi connectivity index (χ2n) is 11.8. The molecule has 0 radical (unpaired) electrons. The predicted octanol–water partition coefficient (Wildman–Crippen LogP) is 11.4. The zero-order valence-corrected chi connectivity index (χ0v) is 24.6. The number of para-hydroxylation sites is 2. The molecule has 0 saturated heterocycles. The van der Waals surface area contributed by atoms with Gasteiger partial charge in [-0.1, -0.05) is 140 Å². The van der Waals surface area contributed by atoms with Crippen LogP contribution in [0.3, 0.4) is 0 Å². The van der Waals surface area contributed by atoms with E-state index in [9.17, 15) is 0 Å². The average Bonchev–Trinajstić information content (AvgIpc) is 3.64. The van der Waals surface area contributed by atoms with E-state index in [0.717, 1.165) is 44.4 Å². The minimum atomic E-state index is -0.383. The number of fused-ring (bicyclic) bond motifs is 6. The van der Waals surface area contributed by atoms with Crippen LogP contribution in [0.2, 0.25) is 0 Å². The van der Waals surface area contributed by atoms with Crippen LogP contribution < -0.4 is 5.32 Å². The molecule has 0 atom stereocenters. The van der Waals surface area contributed by atoms with Crippen molar-refractivity contribution in [3.8, 4) is 22.3 Å². The average molecular weight is 576 g/mol. The smallest absolute Gasteiger partial charge is 0.143 e. The number of nitrogens with one attached hydrogen (secondary N) is 1. The monoisotopic (exact) mass is 575 g/mol. The summed E-state index contributed by atoms with van der Waals surface area (Å²) in [4.78, 5) is 0. The molecule has 1 heterocycles. The first kappa shape index (κ1) is 25.6. The molecule has 0 unspecified atom stereocenters. The minimum Gasteiger partial charge on any atom is -0.455 e. The molecule has 45 heavy (non-hydrogen) atoms. The number of hydrogen-bond donors (Lipinski definition) is 1. The topological polar surface area (TPSA) is 25.2 Å². The lowest BCUT2D eigenvalue weighted by Gasteiger charge is -2.34. The van der Waals surface area contributed by atoms with Crippen molar-refractivity contribution in [1.82, 2.24) is 0 Å². The lowest BCUT2D eigenvalue weighted by Crippen LogP contribution is -2.28. The summed E-state index contributed by atoms with van der Waals surface area (Å²) in [6.07, 6.45) is 0. The van der Waals surface area contributed by atoms with E-state index in [1.165, 1.54) is 33.4 Å². The van der Waals surface area contributed by atoms with Crippen LogP contribution in [0.5, 0.6) is 0 Å². The third-order valence-corrected chi connectivity index (χ3v) is 9.37. The quantitative estimate of drug-likeness (QED) is 0.221. The molecule has 0 spiro atoms. The maximum absolute atomic E-state index is 6.29. The van der Waals surface area contributed by atoms with E-state index in [-0.39, 0.29) is 5.41 Å². The van der Waals surface area contributed by atoms with Gasteiger partial charge in [-0.3, -0.25) is 0 Å². The number of furan rings is 1. The highest BCUT2D eigenvalue weighted by molar-refractivity contribution is 6.09. The van der Waals surface area contributed by atoms with Gasteiger partial charge in [0.15, 0.2) is 0 Å². The van der Waals surface area contributed by atoms with Crippen LogP contribution in [-0.4, -0.2) is 0 Å². The lowest BCUT2D eigenvalue weighted by molar-refractivity contribution is 0.670. The van der Waals surface area contributed by atoms with E-state index in [2.05, 4.69) is 163 Å². The molecule has 0 fully saturated rings. The maximum atomic E-state index is 6.29. The molecule has 8 aromatic rings. The Morgan fingerprint density at radius 2 is 0.933 bits per heavy atom. The van der Waals surface area contributed by atoms with Gasteiger partial charge in [0.2, 0.25) is 0 Å². The van der Waals surface area contributed by atoms with Crippen LogP contribution in [-0.2, 0) is 5.41 Å². The summed E-state index contributed by atoms with van der Waals surface area (Å²) in [5.41, 5.74) is 13.6. The summed E-state index contributed by atoms with van der Waals surface area (Å²) < 4.78 is 6.29. The van der Waals surface area contributed by atoms with Gasteiger partial charge in [-0.15, -0.1) is 0 Å². The Labute approximate surface area is 262 Å². The summed E-state index contributed by atoms with van der Waals surface area (Å²) in [7, 11) is 0. The second kappa shape index (κ2) is 10.1. The third-order valence-electron chi connectivity index (χ3n) is 9.37. The van der Waals surface area contributed by atoms with E-state index < -0.39 is 0 Å². The Morgan fingerprint density at radius 1 is 0.400 bits per heavy atom. The number of anilines is 2. The van der Waals surface area contributed by atoms with Crippen molar-refractivity contribution >= 4 is 33.3 Å². The van der Waals surface area contributed by atoms with Gasteiger partial charge >= 0.3 is 0 Å². The van der Waals surface area contributed by atoms with Gasteiger partial charge in [0, 0.05) is 27.7 Å². The predicted molar refractivity (Wildman–Crippen MR) is 186 cm³/mol. The summed E-state index contributed by atoms with van der Waals surface area (Å²) in [5, 5.41) is 5.92. The highest BCUT2D eigenvalue weighted by Gasteiger charge is 2.45.